The van der Waals surface area contributed by atoms with E-state index in [-0.39, 0.29) is 5.91 Å². The highest BCUT2D eigenvalue weighted by Gasteiger charge is 2.32. The Morgan fingerprint density at radius 3 is 2.33 bits per heavy atom. The summed E-state index contributed by atoms with van der Waals surface area (Å²) in [6.07, 6.45) is 0. The summed E-state index contributed by atoms with van der Waals surface area (Å²) in [7, 11) is 0. The zero-order valence-electron chi connectivity index (χ0n) is 5.26. The number of nitrogens with zero attached hydrogens (tertiary/aromatic N) is 1. The summed E-state index contributed by atoms with van der Waals surface area (Å²) in [5.41, 5.74) is 1.15. The highest BCUT2D eigenvalue weighted by Crippen LogP contribution is 2.18. The monoisotopic (exact) mass is 127 g/mol. The van der Waals surface area contributed by atoms with Gasteiger partial charge in [0.2, 0.25) is 0 Å². The smallest absolute Gasteiger partial charge is 0.250 e. The zero-order chi connectivity index (χ0) is 7.07. The standard InChI is InChI=1S/C5H8N2O2/c1-5(2)3(8)6-7-4(5)9/h1-2H3,(H,6,8)(H,7,9)/p-1. The van der Waals surface area contributed by atoms with Crippen LogP contribution in [0.15, 0.2) is 5.10 Å². The Labute approximate surface area is 52.6 Å². The Morgan fingerprint density at radius 2 is 2.22 bits per heavy atom. The second kappa shape index (κ2) is 1.46. The molecule has 4 nitrogen and oxygen atoms in total. The molecule has 1 heterocycles. The molecule has 1 rings (SSSR count). The van der Waals surface area contributed by atoms with Crippen molar-refractivity contribution in [3.8, 4) is 0 Å². The molecule has 1 aliphatic heterocycles. The number of rotatable bonds is 0. The van der Waals surface area contributed by atoms with Crippen molar-refractivity contribution < 1.29 is 9.90 Å². The maximum absolute atomic E-state index is 10.7. The number of amides is 1. The molecule has 1 amide bonds. The number of hydrazone groups is 1. The molecule has 0 unspecified atom stereocenters. The van der Waals surface area contributed by atoms with Gasteiger partial charge in [-0.05, 0) is 19.7 Å². The predicted molar refractivity (Wildman–Crippen MR) is 29.4 cm³/mol. The lowest BCUT2D eigenvalue weighted by atomic mass is 9.94. The van der Waals surface area contributed by atoms with Crippen LogP contribution < -0.4 is 10.5 Å². The van der Waals surface area contributed by atoms with Gasteiger partial charge in [0.1, 0.15) is 0 Å². The average molecular weight is 127 g/mol. The molecule has 0 saturated heterocycles. The van der Waals surface area contributed by atoms with Gasteiger partial charge in [0.05, 0.1) is 5.41 Å². The van der Waals surface area contributed by atoms with Crippen LogP contribution in [0.5, 0.6) is 0 Å². The van der Waals surface area contributed by atoms with E-state index in [1.165, 1.54) is 0 Å². The van der Waals surface area contributed by atoms with Gasteiger partial charge in [-0.25, -0.2) is 5.43 Å². The van der Waals surface area contributed by atoms with Gasteiger partial charge in [0.15, 0.2) is 0 Å². The lowest BCUT2D eigenvalue weighted by molar-refractivity contribution is -0.226. The average Bonchev–Trinajstić information content (AvgIpc) is 1.96. The fourth-order valence-electron chi connectivity index (χ4n) is 0.478. The van der Waals surface area contributed by atoms with E-state index in [2.05, 4.69) is 10.5 Å². The summed E-state index contributed by atoms with van der Waals surface area (Å²) >= 11 is 0. The molecule has 50 valence electrons. The van der Waals surface area contributed by atoms with Crippen LogP contribution in [0.2, 0.25) is 0 Å². The zero-order valence-corrected chi connectivity index (χ0v) is 5.26. The molecule has 0 aromatic heterocycles. The number of hydrogen-bond donors (Lipinski definition) is 1. The van der Waals surface area contributed by atoms with Crippen molar-refractivity contribution in [1.82, 2.24) is 5.43 Å². The van der Waals surface area contributed by atoms with E-state index >= 15 is 0 Å². The van der Waals surface area contributed by atoms with E-state index in [1.54, 1.807) is 13.8 Å². The molecule has 4 heteroatoms. The Hall–Kier alpha value is -1.06. The Morgan fingerprint density at radius 1 is 1.67 bits per heavy atom. The van der Waals surface area contributed by atoms with E-state index in [1.807, 2.05) is 0 Å². The van der Waals surface area contributed by atoms with Gasteiger partial charge in [-0.2, -0.15) is 5.10 Å². The summed E-state index contributed by atoms with van der Waals surface area (Å²) in [4.78, 5) is 10.7. The topological polar surface area (TPSA) is 64.5 Å². The third kappa shape index (κ3) is 0.667. The fourth-order valence-corrected chi connectivity index (χ4v) is 0.478. The van der Waals surface area contributed by atoms with Gasteiger partial charge in [0, 0.05) is 0 Å². The Bertz CT molecular complexity index is 183. The van der Waals surface area contributed by atoms with Crippen molar-refractivity contribution in [2.24, 2.45) is 10.5 Å². The van der Waals surface area contributed by atoms with Crippen LogP contribution in [0, 0.1) is 5.41 Å². The van der Waals surface area contributed by atoms with Crippen LogP contribution in [-0.4, -0.2) is 11.8 Å². The SMILES string of the molecule is CC1(C)C(=O)NN=C1[O-]. The van der Waals surface area contributed by atoms with Crippen molar-refractivity contribution in [2.45, 2.75) is 13.8 Å². The lowest BCUT2D eigenvalue weighted by Crippen LogP contribution is -2.38. The molecule has 0 saturated carbocycles. The molecule has 0 spiro atoms. The summed E-state index contributed by atoms with van der Waals surface area (Å²) in [5, 5.41) is 13.9. The number of hydrogen-bond acceptors (Lipinski definition) is 3. The molecule has 0 aromatic rings. The Kier molecular flexibility index (Phi) is 0.986. The minimum atomic E-state index is -0.944. The molecule has 0 atom stereocenters. The van der Waals surface area contributed by atoms with E-state index in [0.717, 1.165) is 0 Å². The van der Waals surface area contributed by atoms with Gasteiger partial charge < -0.3 is 5.11 Å². The second-order valence-electron chi connectivity index (χ2n) is 2.48. The minimum Gasteiger partial charge on any atom is -0.860 e. The molecule has 0 bridgehead atoms. The number of carbonyl (C=O) groups is 1. The molecular weight excluding hydrogens is 120 g/mol. The number of nitrogens with one attached hydrogen (secondary N) is 1. The van der Waals surface area contributed by atoms with Crippen LogP contribution >= 0.6 is 0 Å². The quantitative estimate of drug-likeness (QED) is 0.445. The molecule has 0 aliphatic carbocycles. The van der Waals surface area contributed by atoms with Crippen molar-refractivity contribution in [2.75, 3.05) is 0 Å². The number of carbonyl (C=O) groups excluding carboxylic acids is 1. The van der Waals surface area contributed by atoms with E-state index in [0.29, 0.717) is 0 Å². The summed E-state index contributed by atoms with van der Waals surface area (Å²) in [5.74, 6) is -0.722. The fraction of sp³-hybridized carbons (Fsp3) is 0.600. The van der Waals surface area contributed by atoms with Gasteiger partial charge in [-0.1, -0.05) is 0 Å². The molecule has 1 N–H and O–H groups in total. The van der Waals surface area contributed by atoms with Gasteiger partial charge >= 0.3 is 0 Å². The van der Waals surface area contributed by atoms with E-state index in [4.69, 9.17) is 0 Å². The second-order valence-corrected chi connectivity index (χ2v) is 2.48. The first-order valence-electron chi connectivity index (χ1n) is 2.61. The Balaban J connectivity index is 2.93. The van der Waals surface area contributed by atoms with Crippen LogP contribution in [0.25, 0.3) is 0 Å². The van der Waals surface area contributed by atoms with E-state index < -0.39 is 11.3 Å². The minimum absolute atomic E-state index is 0.326. The molecule has 9 heavy (non-hydrogen) atoms. The van der Waals surface area contributed by atoms with Crippen LogP contribution in [0.4, 0.5) is 0 Å². The molecule has 0 radical (unpaired) electrons. The van der Waals surface area contributed by atoms with Crippen LogP contribution in [-0.2, 0) is 4.79 Å². The lowest BCUT2D eigenvalue weighted by Gasteiger charge is -2.19. The van der Waals surface area contributed by atoms with E-state index in [9.17, 15) is 9.90 Å². The highest BCUT2D eigenvalue weighted by molar-refractivity contribution is 6.06. The normalized spacial score (nSPS) is 23.3. The summed E-state index contributed by atoms with van der Waals surface area (Å²) < 4.78 is 0. The summed E-state index contributed by atoms with van der Waals surface area (Å²) in [6.45, 7) is 3.09. The first-order valence-corrected chi connectivity index (χ1v) is 2.61. The third-order valence-electron chi connectivity index (χ3n) is 1.36. The van der Waals surface area contributed by atoms with Crippen molar-refractivity contribution >= 4 is 11.8 Å². The van der Waals surface area contributed by atoms with Gasteiger partial charge in [-0.15, -0.1) is 0 Å². The van der Waals surface area contributed by atoms with Crippen LogP contribution in [0.3, 0.4) is 0 Å². The summed E-state index contributed by atoms with van der Waals surface area (Å²) in [6, 6.07) is 0. The first kappa shape index (κ1) is 6.07. The largest absolute Gasteiger partial charge is 0.860 e. The van der Waals surface area contributed by atoms with Crippen molar-refractivity contribution in [1.29, 1.82) is 0 Å². The maximum atomic E-state index is 10.7. The predicted octanol–water partition coefficient (Wildman–Crippen LogP) is -1.18. The third-order valence-corrected chi connectivity index (χ3v) is 1.36. The van der Waals surface area contributed by atoms with Crippen molar-refractivity contribution in [3.63, 3.8) is 0 Å². The highest BCUT2D eigenvalue weighted by atomic mass is 16.3. The molecule has 1 aliphatic rings. The molecule has 0 fully saturated rings. The molecular formula is C5H7N2O2-. The van der Waals surface area contributed by atoms with Gasteiger partial charge in [0.25, 0.3) is 5.91 Å². The maximum Gasteiger partial charge on any atom is 0.250 e. The molecule has 0 aromatic carbocycles. The van der Waals surface area contributed by atoms with Gasteiger partial charge in [-0.3, -0.25) is 4.79 Å². The first-order chi connectivity index (χ1) is 4.05. The van der Waals surface area contributed by atoms with Crippen LogP contribution in [0.1, 0.15) is 13.8 Å². The van der Waals surface area contributed by atoms with Crippen molar-refractivity contribution in [3.05, 3.63) is 0 Å².